The fraction of sp³-hybridized carbons (Fsp3) is 1.00. The van der Waals surface area contributed by atoms with Gasteiger partial charge in [-0.3, -0.25) is 0 Å². The van der Waals surface area contributed by atoms with Crippen LogP contribution in [0.1, 0.15) is 32.6 Å². The molecule has 0 aromatic heterocycles. The lowest BCUT2D eigenvalue weighted by molar-refractivity contribution is 0.291. The molecule has 1 N–H and O–H groups in total. The average Bonchev–Trinajstić information content (AvgIpc) is 2.76. The lowest BCUT2D eigenvalue weighted by atomic mass is 10.2. The molecule has 0 bridgehead atoms. The normalized spacial score (nSPS) is 21.4. The van der Waals surface area contributed by atoms with Crippen molar-refractivity contribution >= 4 is 10.0 Å². The number of rotatable bonds is 9. The van der Waals surface area contributed by atoms with E-state index in [1.807, 2.05) is 14.1 Å². The van der Waals surface area contributed by atoms with Crippen molar-refractivity contribution in [1.29, 1.82) is 0 Å². The summed E-state index contributed by atoms with van der Waals surface area (Å²) in [7, 11) is 0.936. The van der Waals surface area contributed by atoms with Crippen LogP contribution in [0.5, 0.6) is 0 Å². The molecule has 19 heavy (non-hydrogen) atoms. The van der Waals surface area contributed by atoms with E-state index < -0.39 is 10.0 Å². The standard InChI is InChI=1S/C13H29N3O2S/c1-4-14-9-5-6-11-19(17,18)16-10-7-8-13(16)12-15(2)3/h13-14H,4-12H2,1-3H3. The van der Waals surface area contributed by atoms with Crippen molar-refractivity contribution < 1.29 is 8.42 Å². The van der Waals surface area contributed by atoms with Crippen molar-refractivity contribution in [3.8, 4) is 0 Å². The summed E-state index contributed by atoms with van der Waals surface area (Å²) >= 11 is 0. The van der Waals surface area contributed by atoms with E-state index in [9.17, 15) is 8.42 Å². The maximum Gasteiger partial charge on any atom is 0.214 e. The molecule has 1 atom stereocenters. The Morgan fingerprint density at radius 1 is 1.32 bits per heavy atom. The van der Waals surface area contributed by atoms with E-state index >= 15 is 0 Å². The van der Waals surface area contributed by atoms with Gasteiger partial charge in [0.25, 0.3) is 0 Å². The molecule has 0 aromatic carbocycles. The summed E-state index contributed by atoms with van der Waals surface area (Å²) in [4.78, 5) is 2.07. The number of hydrogen-bond donors (Lipinski definition) is 1. The number of hydrogen-bond acceptors (Lipinski definition) is 4. The molecular weight excluding hydrogens is 262 g/mol. The second-order valence-corrected chi connectivity index (χ2v) is 7.59. The molecule has 6 heteroatoms. The van der Waals surface area contributed by atoms with Crippen molar-refractivity contribution in [2.45, 2.75) is 38.6 Å². The Bertz CT molecular complexity index is 344. The number of sulfonamides is 1. The topological polar surface area (TPSA) is 52.7 Å². The van der Waals surface area contributed by atoms with Gasteiger partial charge in [-0.15, -0.1) is 0 Å². The first-order valence-electron chi connectivity index (χ1n) is 7.32. The van der Waals surface area contributed by atoms with Crippen LogP contribution in [-0.2, 0) is 10.0 Å². The van der Waals surface area contributed by atoms with Crippen LogP contribution in [0.4, 0.5) is 0 Å². The average molecular weight is 291 g/mol. The van der Waals surface area contributed by atoms with Crippen molar-refractivity contribution in [3.63, 3.8) is 0 Å². The zero-order valence-electron chi connectivity index (χ0n) is 12.6. The summed E-state index contributed by atoms with van der Waals surface area (Å²) in [6, 6.07) is 0.175. The summed E-state index contributed by atoms with van der Waals surface area (Å²) in [6.45, 7) is 5.45. The van der Waals surface area contributed by atoms with Crippen LogP contribution < -0.4 is 5.32 Å². The molecule has 0 saturated carbocycles. The highest BCUT2D eigenvalue weighted by molar-refractivity contribution is 7.89. The Kier molecular flexibility index (Phi) is 7.28. The van der Waals surface area contributed by atoms with E-state index in [2.05, 4.69) is 17.1 Å². The van der Waals surface area contributed by atoms with Gasteiger partial charge in [-0.25, -0.2) is 8.42 Å². The summed E-state index contributed by atoms with van der Waals surface area (Å²) in [6.07, 6.45) is 3.67. The summed E-state index contributed by atoms with van der Waals surface area (Å²) < 4.78 is 26.4. The highest BCUT2D eigenvalue weighted by atomic mass is 32.2. The predicted molar refractivity (Wildman–Crippen MR) is 79.8 cm³/mol. The Morgan fingerprint density at radius 2 is 2.05 bits per heavy atom. The zero-order valence-corrected chi connectivity index (χ0v) is 13.4. The first kappa shape index (κ1) is 16.9. The van der Waals surface area contributed by atoms with Crippen LogP contribution in [0.3, 0.4) is 0 Å². The van der Waals surface area contributed by atoms with Crippen LogP contribution in [0.15, 0.2) is 0 Å². The van der Waals surface area contributed by atoms with Gasteiger partial charge < -0.3 is 10.2 Å². The van der Waals surface area contributed by atoms with Gasteiger partial charge >= 0.3 is 0 Å². The smallest absolute Gasteiger partial charge is 0.214 e. The minimum Gasteiger partial charge on any atom is -0.317 e. The second kappa shape index (κ2) is 8.19. The van der Waals surface area contributed by atoms with Gasteiger partial charge in [0, 0.05) is 19.1 Å². The quantitative estimate of drug-likeness (QED) is 0.636. The minimum absolute atomic E-state index is 0.175. The van der Waals surface area contributed by atoms with E-state index in [4.69, 9.17) is 0 Å². The van der Waals surface area contributed by atoms with E-state index in [1.54, 1.807) is 4.31 Å². The fourth-order valence-corrected chi connectivity index (χ4v) is 4.44. The minimum atomic E-state index is -3.06. The number of nitrogens with one attached hydrogen (secondary N) is 1. The van der Waals surface area contributed by atoms with Crippen molar-refractivity contribution in [2.75, 3.05) is 46.0 Å². The molecular formula is C13H29N3O2S. The first-order chi connectivity index (χ1) is 8.97. The van der Waals surface area contributed by atoms with Crippen molar-refractivity contribution in [1.82, 2.24) is 14.5 Å². The molecule has 0 aliphatic carbocycles. The summed E-state index contributed by atoms with van der Waals surface area (Å²) in [5, 5.41) is 3.22. The third kappa shape index (κ3) is 5.77. The highest BCUT2D eigenvalue weighted by Gasteiger charge is 2.33. The lowest BCUT2D eigenvalue weighted by Gasteiger charge is -2.26. The van der Waals surface area contributed by atoms with Crippen LogP contribution in [0.25, 0.3) is 0 Å². The van der Waals surface area contributed by atoms with Crippen LogP contribution in [0.2, 0.25) is 0 Å². The first-order valence-corrected chi connectivity index (χ1v) is 8.93. The lowest BCUT2D eigenvalue weighted by Crippen LogP contribution is -2.42. The van der Waals surface area contributed by atoms with E-state index in [0.29, 0.717) is 12.3 Å². The van der Waals surface area contributed by atoms with Gasteiger partial charge in [-0.2, -0.15) is 4.31 Å². The second-order valence-electron chi connectivity index (χ2n) is 5.55. The van der Waals surface area contributed by atoms with Crippen LogP contribution in [-0.4, -0.2) is 69.7 Å². The maximum absolute atomic E-state index is 12.3. The predicted octanol–water partition coefficient (Wildman–Crippen LogP) is 0.732. The molecule has 1 heterocycles. The Balaban J connectivity index is 2.42. The van der Waals surface area contributed by atoms with Gasteiger partial charge in [0.1, 0.15) is 0 Å². The van der Waals surface area contributed by atoms with E-state index in [1.165, 1.54) is 0 Å². The molecule has 1 unspecified atom stereocenters. The van der Waals surface area contributed by atoms with Crippen LogP contribution in [0, 0.1) is 0 Å². The van der Waals surface area contributed by atoms with Gasteiger partial charge in [0.15, 0.2) is 0 Å². The Morgan fingerprint density at radius 3 is 2.68 bits per heavy atom. The third-order valence-corrected chi connectivity index (χ3v) is 5.51. The number of nitrogens with zero attached hydrogens (tertiary/aromatic N) is 2. The SMILES string of the molecule is CCNCCCCS(=O)(=O)N1CCCC1CN(C)C. The van der Waals surface area contributed by atoms with Crippen molar-refractivity contribution in [3.05, 3.63) is 0 Å². The van der Waals surface area contributed by atoms with E-state index in [-0.39, 0.29) is 6.04 Å². The summed E-state index contributed by atoms with van der Waals surface area (Å²) in [5.41, 5.74) is 0. The maximum atomic E-state index is 12.3. The molecule has 0 radical (unpaired) electrons. The van der Waals surface area contributed by atoms with Gasteiger partial charge in [0.05, 0.1) is 5.75 Å². The molecule has 0 spiro atoms. The molecule has 0 amide bonds. The molecule has 1 rings (SSSR count). The largest absolute Gasteiger partial charge is 0.317 e. The molecule has 114 valence electrons. The number of unbranched alkanes of at least 4 members (excludes halogenated alkanes) is 1. The number of likely N-dealkylation sites (N-methyl/N-ethyl adjacent to an activating group) is 1. The molecule has 0 aromatic rings. The van der Waals surface area contributed by atoms with Crippen LogP contribution >= 0.6 is 0 Å². The monoisotopic (exact) mass is 291 g/mol. The van der Waals surface area contributed by atoms with Gasteiger partial charge in [-0.1, -0.05) is 6.92 Å². The Hall–Kier alpha value is -0.170. The van der Waals surface area contributed by atoms with E-state index in [0.717, 1.165) is 45.3 Å². The molecule has 1 aliphatic rings. The van der Waals surface area contributed by atoms with Gasteiger partial charge in [0.2, 0.25) is 10.0 Å². The zero-order chi connectivity index (χ0) is 14.3. The van der Waals surface area contributed by atoms with Crippen molar-refractivity contribution in [2.24, 2.45) is 0 Å². The molecule has 1 fully saturated rings. The summed E-state index contributed by atoms with van der Waals surface area (Å²) in [5.74, 6) is 0.294. The molecule has 1 saturated heterocycles. The molecule has 5 nitrogen and oxygen atoms in total. The Labute approximate surface area is 118 Å². The molecule has 1 aliphatic heterocycles. The third-order valence-electron chi connectivity index (χ3n) is 3.51. The highest BCUT2D eigenvalue weighted by Crippen LogP contribution is 2.22. The van der Waals surface area contributed by atoms with Gasteiger partial charge in [-0.05, 0) is 52.9 Å². The fourth-order valence-electron chi connectivity index (χ4n) is 2.61.